The van der Waals surface area contributed by atoms with E-state index in [0.29, 0.717) is 19.4 Å². The van der Waals surface area contributed by atoms with Crippen molar-refractivity contribution < 1.29 is 19.8 Å². The van der Waals surface area contributed by atoms with E-state index in [2.05, 4.69) is 6.58 Å². The number of carboxylic acid groups (broad SMARTS) is 2. The standard InChI is InChI=1S/C11H17NO4/c1-3-8(2)11(9(13)14)5-4-6-12(7-11)10(15)16/h3,8H,1,4-7H2,2H3,(H,13,14)(H,15,16). The molecule has 90 valence electrons. The Morgan fingerprint density at radius 2 is 2.12 bits per heavy atom. The van der Waals surface area contributed by atoms with Gasteiger partial charge in [0.15, 0.2) is 0 Å². The van der Waals surface area contributed by atoms with Crippen molar-refractivity contribution in [2.45, 2.75) is 19.8 Å². The fourth-order valence-electron chi connectivity index (χ4n) is 2.21. The van der Waals surface area contributed by atoms with Crippen LogP contribution in [0.25, 0.3) is 0 Å². The molecule has 1 aliphatic heterocycles. The topological polar surface area (TPSA) is 77.8 Å². The van der Waals surface area contributed by atoms with Crippen LogP contribution in [0.1, 0.15) is 19.8 Å². The molecular weight excluding hydrogens is 210 g/mol. The van der Waals surface area contributed by atoms with Crippen LogP contribution in [0.5, 0.6) is 0 Å². The minimum atomic E-state index is -1.05. The number of hydrogen-bond acceptors (Lipinski definition) is 2. The van der Waals surface area contributed by atoms with E-state index in [1.807, 2.05) is 0 Å². The number of nitrogens with zero attached hydrogens (tertiary/aromatic N) is 1. The molecule has 2 unspecified atom stereocenters. The molecule has 0 radical (unpaired) electrons. The molecule has 0 saturated carbocycles. The number of allylic oxidation sites excluding steroid dienone is 1. The third kappa shape index (κ3) is 2.03. The van der Waals surface area contributed by atoms with Crippen molar-refractivity contribution in [1.29, 1.82) is 0 Å². The summed E-state index contributed by atoms with van der Waals surface area (Å²) in [5.74, 6) is -1.18. The summed E-state index contributed by atoms with van der Waals surface area (Å²) in [7, 11) is 0. The molecule has 1 amide bonds. The van der Waals surface area contributed by atoms with E-state index in [1.54, 1.807) is 13.0 Å². The van der Waals surface area contributed by atoms with Gasteiger partial charge in [0.05, 0.1) is 5.41 Å². The second-order valence-corrected chi connectivity index (χ2v) is 4.29. The molecule has 1 saturated heterocycles. The molecule has 16 heavy (non-hydrogen) atoms. The number of aliphatic carboxylic acids is 1. The maximum atomic E-state index is 11.4. The van der Waals surface area contributed by atoms with E-state index in [-0.39, 0.29) is 12.5 Å². The summed E-state index contributed by atoms with van der Waals surface area (Å²) in [6.45, 7) is 5.83. The fourth-order valence-corrected chi connectivity index (χ4v) is 2.21. The minimum Gasteiger partial charge on any atom is -0.481 e. The van der Waals surface area contributed by atoms with E-state index in [4.69, 9.17) is 5.11 Å². The number of piperidine rings is 1. The summed E-state index contributed by atoms with van der Waals surface area (Å²) in [5, 5.41) is 18.2. The molecular formula is C11H17NO4. The van der Waals surface area contributed by atoms with Gasteiger partial charge in [-0.2, -0.15) is 0 Å². The SMILES string of the molecule is C=CC(C)C1(C(=O)O)CCCN(C(=O)O)C1. The molecule has 1 heterocycles. The number of carbonyl (C=O) groups is 2. The molecule has 0 bridgehead atoms. The van der Waals surface area contributed by atoms with Gasteiger partial charge >= 0.3 is 12.1 Å². The van der Waals surface area contributed by atoms with E-state index in [0.717, 1.165) is 0 Å². The van der Waals surface area contributed by atoms with Gasteiger partial charge < -0.3 is 15.1 Å². The average molecular weight is 227 g/mol. The van der Waals surface area contributed by atoms with E-state index in [9.17, 15) is 14.7 Å². The van der Waals surface area contributed by atoms with Crippen LogP contribution in [-0.4, -0.2) is 40.3 Å². The Morgan fingerprint density at radius 3 is 2.56 bits per heavy atom. The predicted molar refractivity (Wildman–Crippen MR) is 58.3 cm³/mol. The van der Waals surface area contributed by atoms with E-state index in [1.165, 1.54) is 4.90 Å². The van der Waals surface area contributed by atoms with Gasteiger partial charge in [-0.25, -0.2) is 4.79 Å². The van der Waals surface area contributed by atoms with Gasteiger partial charge in [-0.05, 0) is 18.8 Å². The number of likely N-dealkylation sites (tertiary alicyclic amines) is 1. The number of hydrogen-bond donors (Lipinski definition) is 2. The smallest absolute Gasteiger partial charge is 0.407 e. The zero-order chi connectivity index (χ0) is 12.3. The van der Waals surface area contributed by atoms with Gasteiger partial charge in [-0.1, -0.05) is 13.0 Å². The lowest BCUT2D eigenvalue weighted by atomic mass is 9.70. The molecule has 1 rings (SSSR count). The molecule has 1 fully saturated rings. The third-order valence-electron chi connectivity index (χ3n) is 3.45. The highest BCUT2D eigenvalue weighted by atomic mass is 16.4. The lowest BCUT2D eigenvalue weighted by Gasteiger charge is -2.41. The Bertz CT molecular complexity index is 315. The Labute approximate surface area is 94.4 Å². The van der Waals surface area contributed by atoms with Gasteiger partial charge in [0, 0.05) is 13.1 Å². The van der Waals surface area contributed by atoms with Gasteiger partial charge in [0.25, 0.3) is 0 Å². The fraction of sp³-hybridized carbons (Fsp3) is 0.636. The average Bonchev–Trinajstić information content (AvgIpc) is 2.27. The van der Waals surface area contributed by atoms with Crippen molar-refractivity contribution >= 4 is 12.1 Å². The molecule has 0 spiro atoms. The zero-order valence-corrected chi connectivity index (χ0v) is 9.35. The molecule has 0 aliphatic carbocycles. The monoisotopic (exact) mass is 227 g/mol. The minimum absolute atomic E-state index is 0.0465. The first kappa shape index (κ1) is 12.5. The molecule has 0 aromatic heterocycles. The van der Waals surface area contributed by atoms with Crippen molar-refractivity contribution in [2.75, 3.05) is 13.1 Å². The molecule has 2 atom stereocenters. The Balaban J connectivity index is 2.97. The first-order valence-corrected chi connectivity index (χ1v) is 5.28. The first-order chi connectivity index (χ1) is 7.44. The molecule has 5 nitrogen and oxygen atoms in total. The maximum absolute atomic E-state index is 11.4. The van der Waals surface area contributed by atoms with E-state index < -0.39 is 17.5 Å². The molecule has 5 heteroatoms. The third-order valence-corrected chi connectivity index (χ3v) is 3.45. The van der Waals surface area contributed by atoms with Crippen molar-refractivity contribution in [3.05, 3.63) is 12.7 Å². The lowest BCUT2D eigenvalue weighted by molar-refractivity contribution is -0.154. The molecule has 1 aliphatic rings. The first-order valence-electron chi connectivity index (χ1n) is 5.28. The second kappa shape index (κ2) is 4.55. The van der Waals surface area contributed by atoms with Crippen molar-refractivity contribution in [3.8, 4) is 0 Å². The summed E-state index contributed by atoms with van der Waals surface area (Å²) in [6, 6.07) is 0. The van der Waals surface area contributed by atoms with Crippen LogP contribution in [0, 0.1) is 11.3 Å². The van der Waals surface area contributed by atoms with E-state index >= 15 is 0 Å². The van der Waals surface area contributed by atoms with Crippen LogP contribution < -0.4 is 0 Å². The summed E-state index contributed by atoms with van der Waals surface area (Å²) >= 11 is 0. The van der Waals surface area contributed by atoms with Gasteiger partial charge in [-0.15, -0.1) is 6.58 Å². The largest absolute Gasteiger partial charge is 0.481 e. The lowest BCUT2D eigenvalue weighted by Crippen LogP contribution is -2.52. The summed E-state index contributed by atoms with van der Waals surface area (Å²) < 4.78 is 0. The van der Waals surface area contributed by atoms with Crippen molar-refractivity contribution in [1.82, 2.24) is 4.90 Å². The van der Waals surface area contributed by atoms with Crippen LogP contribution in [0.2, 0.25) is 0 Å². The highest BCUT2D eigenvalue weighted by Gasteiger charge is 2.46. The Kier molecular flexibility index (Phi) is 3.57. The second-order valence-electron chi connectivity index (χ2n) is 4.29. The summed E-state index contributed by atoms with van der Waals surface area (Å²) in [6.07, 6.45) is 1.61. The quantitative estimate of drug-likeness (QED) is 0.719. The van der Waals surface area contributed by atoms with Crippen LogP contribution in [0.3, 0.4) is 0 Å². The molecule has 0 aromatic rings. The van der Waals surface area contributed by atoms with Crippen LogP contribution in [-0.2, 0) is 4.79 Å². The Hall–Kier alpha value is -1.52. The van der Waals surface area contributed by atoms with Gasteiger partial charge in [0.1, 0.15) is 0 Å². The number of rotatable bonds is 3. The number of amides is 1. The van der Waals surface area contributed by atoms with Gasteiger partial charge in [0.2, 0.25) is 0 Å². The maximum Gasteiger partial charge on any atom is 0.407 e. The van der Waals surface area contributed by atoms with Crippen LogP contribution in [0.4, 0.5) is 4.79 Å². The normalized spacial score (nSPS) is 27.2. The van der Waals surface area contributed by atoms with Gasteiger partial charge in [-0.3, -0.25) is 4.79 Å². The summed E-state index contributed by atoms with van der Waals surface area (Å²) in [4.78, 5) is 23.4. The highest BCUT2D eigenvalue weighted by molar-refractivity contribution is 5.77. The van der Waals surface area contributed by atoms with Crippen molar-refractivity contribution in [2.24, 2.45) is 11.3 Å². The molecule has 0 aromatic carbocycles. The molecule has 2 N–H and O–H groups in total. The number of carboxylic acids is 1. The summed E-state index contributed by atoms with van der Waals surface area (Å²) in [5.41, 5.74) is -1.02. The zero-order valence-electron chi connectivity index (χ0n) is 9.35. The van der Waals surface area contributed by atoms with Crippen molar-refractivity contribution in [3.63, 3.8) is 0 Å². The Morgan fingerprint density at radius 1 is 1.50 bits per heavy atom. The van der Waals surface area contributed by atoms with Crippen LogP contribution in [0.15, 0.2) is 12.7 Å². The predicted octanol–water partition coefficient (Wildman–Crippen LogP) is 1.65. The van der Waals surface area contributed by atoms with Crippen LogP contribution >= 0.6 is 0 Å². The highest BCUT2D eigenvalue weighted by Crippen LogP contribution is 2.38.